The number of hydrogen-bond acceptors (Lipinski definition) is 2. The van der Waals surface area contributed by atoms with Gasteiger partial charge in [-0.2, -0.15) is 0 Å². The van der Waals surface area contributed by atoms with Gasteiger partial charge in [0.05, 0.1) is 16.3 Å². The number of nitrogens with one attached hydrogen (secondary N) is 2. The number of urea groups is 1. The molecule has 0 bridgehead atoms. The fourth-order valence-electron chi connectivity index (χ4n) is 1.05. The maximum Gasteiger partial charge on any atom is 0.337 e. The number of anilines is 1. The normalized spacial score (nSPS) is 9.69. The van der Waals surface area contributed by atoms with Crippen molar-refractivity contribution >= 4 is 40.9 Å². The van der Waals surface area contributed by atoms with Crippen molar-refractivity contribution in [3.8, 4) is 0 Å². The molecule has 5 nitrogen and oxygen atoms in total. The van der Waals surface area contributed by atoms with Crippen LogP contribution in [0.25, 0.3) is 0 Å². The number of carbonyl (C=O) groups excluding carboxylic acids is 1. The molecule has 0 aliphatic heterocycles. The first-order valence-corrected chi connectivity index (χ1v) is 4.92. The second-order valence-electron chi connectivity index (χ2n) is 2.82. The van der Waals surface area contributed by atoms with E-state index in [4.69, 9.17) is 28.3 Å². The molecule has 1 rings (SSSR count). The van der Waals surface area contributed by atoms with E-state index >= 15 is 0 Å². The average molecular weight is 263 g/mol. The Bertz CT molecular complexity index is 449. The molecule has 0 aliphatic carbocycles. The van der Waals surface area contributed by atoms with Gasteiger partial charge in [0, 0.05) is 12.1 Å². The van der Waals surface area contributed by atoms with E-state index < -0.39 is 12.0 Å². The lowest BCUT2D eigenvalue weighted by molar-refractivity contribution is 0.0698. The molecule has 1 aromatic rings. The van der Waals surface area contributed by atoms with Crippen molar-refractivity contribution in [1.82, 2.24) is 5.32 Å². The van der Waals surface area contributed by atoms with Crippen LogP contribution in [0, 0.1) is 0 Å². The van der Waals surface area contributed by atoms with Crippen molar-refractivity contribution in [1.29, 1.82) is 0 Å². The summed E-state index contributed by atoms with van der Waals surface area (Å²) < 4.78 is 0. The minimum absolute atomic E-state index is 0.0120. The van der Waals surface area contributed by atoms with E-state index in [0.29, 0.717) is 0 Å². The zero-order chi connectivity index (χ0) is 12.3. The van der Waals surface area contributed by atoms with Crippen LogP contribution < -0.4 is 10.6 Å². The highest BCUT2D eigenvalue weighted by molar-refractivity contribution is 6.37. The standard InChI is InChI=1S/C9H8Cl2N2O3/c1-12-9(16)13-7-5(8(14)15)2-4(10)3-6(7)11/h2-3H,1H3,(H,14,15)(H2,12,13,16). The first-order chi connectivity index (χ1) is 7.45. The third-order valence-corrected chi connectivity index (χ3v) is 2.27. The Kier molecular flexibility index (Phi) is 3.98. The maximum atomic E-state index is 11.1. The van der Waals surface area contributed by atoms with Crippen molar-refractivity contribution in [3.63, 3.8) is 0 Å². The Hall–Kier alpha value is -1.46. The summed E-state index contributed by atoms with van der Waals surface area (Å²) in [7, 11) is 1.40. The molecule has 16 heavy (non-hydrogen) atoms. The smallest absolute Gasteiger partial charge is 0.337 e. The number of carboxylic acid groups (broad SMARTS) is 1. The van der Waals surface area contributed by atoms with Crippen molar-refractivity contribution in [2.45, 2.75) is 0 Å². The third-order valence-electron chi connectivity index (χ3n) is 1.75. The molecular weight excluding hydrogens is 255 g/mol. The fourth-order valence-corrected chi connectivity index (χ4v) is 1.59. The number of hydrogen-bond donors (Lipinski definition) is 3. The summed E-state index contributed by atoms with van der Waals surface area (Å²) in [6.07, 6.45) is 0. The number of halogens is 2. The quantitative estimate of drug-likeness (QED) is 0.766. The zero-order valence-corrected chi connectivity index (χ0v) is 9.69. The van der Waals surface area contributed by atoms with Gasteiger partial charge in [-0.1, -0.05) is 23.2 Å². The summed E-state index contributed by atoms with van der Waals surface area (Å²) in [5.74, 6) is -1.23. The number of benzene rings is 1. The van der Waals surface area contributed by atoms with Gasteiger partial charge in [-0.05, 0) is 12.1 Å². The van der Waals surface area contributed by atoms with Gasteiger partial charge in [-0.15, -0.1) is 0 Å². The molecule has 0 radical (unpaired) electrons. The SMILES string of the molecule is CNC(=O)Nc1c(Cl)cc(Cl)cc1C(=O)O. The predicted octanol–water partition coefficient (Wildman–Crippen LogP) is 2.44. The monoisotopic (exact) mass is 262 g/mol. The van der Waals surface area contributed by atoms with E-state index in [-0.39, 0.29) is 21.3 Å². The first-order valence-electron chi connectivity index (χ1n) is 4.16. The number of carboxylic acids is 1. The average Bonchev–Trinajstić information content (AvgIpc) is 2.20. The molecule has 0 aromatic heterocycles. The molecule has 0 saturated heterocycles. The van der Waals surface area contributed by atoms with Crippen LogP contribution in [0.2, 0.25) is 10.0 Å². The molecule has 0 spiro atoms. The minimum Gasteiger partial charge on any atom is -0.478 e. The Balaban J connectivity index is 3.24. The molecule has 0 unspecified atom stereocenters. The molecule has 0 heterocycles. The van der Waals surface area contributed by atoms with E-state index in [0.717, 1.165) is 0 Å². The summed E-state index contributed by atoms with van der Waals surface area (Å²) in [6, 6.07) is 1.99. The number of rotatable bonds is 2. The Morgan fingerprint density at radius 1 is 1.31 bits per heavy atom. The van der Waals surface area contributed by atoms with Crippen molar-refractivity contribution in [3.05, 3.63) is 27.7 Å². The highest BCUT2D eigenvalue weighted by Gasteiger charge is 2.16. The number of carbonyl (C=O) groups is 2. The fraction of sp³-hybridized carbons (Fsp3) is 0.111. The van der Waals surface area contributed by atoms with Gasteiger partial charge < -0.3 is 15.7 Å². The Morgan fingerprint density at radius 2 is 1.94 bits per heavy atom. The molecule has 0 aliphatic rings. The van der Waals surface area contributed by atoms with Gasteiger partial charge in [-0.25, -0.2) is 9.59 Å². The van der Waals surface area contributed by atoms with E-state index in [1.807, 2.05) is 0 Å². The molecule has 1 aromatic carbocycles. The summed E-state index contributed by atoms with van der Waals surface area (Å²) in [5.41, 5.74) is -0.154. The lowest BCUT2D eigenvalue weighted by atomic mass is 10.2. The summed E-state index contributed by atoms with van der Waals surface area (Å²) >= 11 is 11.5. The van der Waals surface area contributed by atoms with Crippen molar-refractivity contribution in [2.24, 2.45) is 0 Å². The molecule has 7 heteroatoms. The second kappa shape index (κ2) is 5.05. The summed E-state index contributed by atoms with van der Waals surface area (Å²) in [5, 5.41) is 13.8. The first kappa shape index (κ1) is 12.6. The van der Waals surface area contributed by atoms with E-state index in [1.54, 1.807) is 0 Å². The van der Waals surface area contributed by atoms with Crippen LogP contribution in [0.1, 0.15) is 10.4 Å². The van der Waals surface area contributed by atoms with Crippen LogP contribution in [-0.2, 0) is 0 Å². The second-order valence-corrected chi connectivity index (χ2v) is 3.66. The molecule has 0 atom stereocenters. The van der Waals surface area contributed by atoms with Crippen LogP contribution in [0.15, 0.2) is 12.1 Å². The van der Waals surface area contributed by atoms with Crippen LogP contribution in [0.4, 0.5) is 10.5 Å². The highest BCUT2D eigenvalue weighted by atomic mass is 35.5. The van der Waals surface area contributed by atoms with Crippen molar-refractivity contribution in [2.75, 3.05) is 12.4 Å². The van der Waals surface area contributed by atoms with Gasteiger partial charge in [0.1, 0.15) is 0 Å². The topological polar surface area (TPSA) is 78.4 Å². The van der Waals surface area contributed by atoms with Gasteiger partial charge in [0.15, 0.2) is 0 Å². The van der Waals surface area contributed by atoms with Gasteiger partial charge >= 0.3 is 12.0 Å². The van der Waals surface area contributed by atoms with Gasteiger partial charge in [-0.3, -0.25) is 0 Å². The molecule has 86 valence electrons. The largest absolute Gasteiger partial charge is 0.478 e. The zero-order valence-electron chi connectivity index (χ0n) is 8.17. The Morgan fingerprint density at radius 3 is 2.44 bits per heavy atom. The molecule has 0 saturated carbocycles. The number of aromatic carboxylic acids is 1. The lowest BCUT2D eigenvalue weighted by Crippen LogP contribution is -2.25. The predicted molar refractivity (Wildman–Crippen MR) is 61.5 cm³/mol. The van der Waals surface area contributed by atoms with Crippen LogP contribution >= 0.6 is 23.2 Å². The number of amides is 2. The molecule has 0 fully saturated rings. The summed E-state index contributed by atoms with van der Waals surface area (Å²) in [6.45, 7) is 0. The van der Waals surface area contributed by atoms with Crippen LogP contribution in [-0.4, -0.2) is 24.2 Å². The van der Waals surface area contributed by atoms with Crippen LogP contribution in [0.3, 0.4) is 0 Å². The van der Waals surface area contributed by atoms with E-state index in [2.05, 4.69) is 10.6 Å². The van der Waals surface area contributed by atoms with E-state index in [9.17, 15) is 9.59 Å². The van der Waals surface area contributed by atoms with Crippen molar-refractivity contribution < 1.29 is 14.7 Å². The molecular formula is C9H8Cl2N2O3. The minimum atomic E-state index is -1.23. The lowest BCUT2D eigenvalue weighted by Gasteiger charge is -2.10. The van der Waals surface area contributed by atoms with Crippen LogP contribution in [0.5, 0.6) is 0 Å². The molecule has 3 N–H and O–H groups in total. The summed E-state index contributed by atoms with van der Waals surface area (Å²) in [4.78, 5) is 22.0. The third kappa shape index (κ3) is 2.77. The Labute approximate surface area is 101 Å². The van der Waals surface area contributed by atoms with Gasteiger partial charge in [0.25, 0.3) is 0 Å². The van der Waals surface area contributed by atoms with Gasteiger partial charge in [0.2, 0.25) is 0 Å². The highest BCUT2D eigenvalue weighted by Crippen LogP contribution is 2.30. The maximum absolute atomic E-state index is 11.1. The van der Waals surface area contributed by atoms with E-state index in [1.165, 1.54) is 19.2 Å². The molecule has 2 amide bonds.